The molecule has 1 unspecified atom stereocenters. The lowest BCUT2D eigenvalue weighted by molar-refractivity contribution is -0.150. The van der Waals surface area contributed by atoms with Crippen LogP contribution < -0.4 is 5.32 Å². The van der Waals surface area contributed by atoms with Gasteiger partial charge in [-0.2, -0.15) is 0 Å². The van der Waals surface area contributed by atoms with E-state index in [0.717, 1.165) is 23.1 Å². The first-order chi connectivity index (χ1) is 9.51. The molecule has 3 nitrogen and oxygen atoms in total. The molecule has 0 bridgehead atoms. The third-order valence-electron chi connectivity index (χ3n) is 3.16. The van der Waals surface area contributed by atoms with Gasteiger partial charge in [-0.3, -0.25) is 4.79 Å². The number of nitrogens with one attached hydrogen (secondary N) is 1. The fourth-order valence-corrected chi connectivity index (χ4v) is 3.25. The summed E-state index contributed by atoms with van der Waals surface area (Å²) in [4.78, 5) is 13.1. The number of carbonyl (C=O) groups excluding carboxylic acids is 1. The van der Waals surface area contributed by atoms with E-state index in [1.54, 1.807) is 18.8 Å². The molecule has 112 valence electrons. The van der Waals surface area contributed by atoms with Gasteiger partial charge in [0.05, 0.1) is 6.61 Å². The summed E-state index contributed by atoms with van der Waals surface area (Å²) in [6.45, 7) is 4.15. The van der Waals surface area contributed by atoms with Gasteiger partial charge in [-0.25, -0.2) is 0 Å². The molecule has 0 aliphatic carbocycles. The second-order valence-electron chi connectivity index (χ2n) is 4.71. The smallest absolute Gasteiger partial charge is 0.326 e. The fourth-order valence-electron chi connectivity index (χ4n) is 1.79. The molecule has 0 aliphatic rings. The molecule has 1 rings (SSSR count). The number of halogens is 1. The zero-order chi connectivity index (χ0) is 15.0. The van der Waals surface area contributed by atoms with Crippen LogP contribution in [-0.4, -0.2) is 30.9 Å². The van der Waals surface area contributed by atoms with E-state index < -0.39 is 5.54 Å². The van der Waals surface area contributed by atoms with Gasteiger partial charge in [0.2, 0.25) is 0 Å². The van der Waals surface area contributed by atoms with Crippen LogP contribution in [0.3, 0.4) is 0 Å². The summed E-state index contributed by atoms with van der Waals surface area (Å²) >= 11 is 5.27. The zero-order valence-electron chi connectivity index (χ0n) is 12.2. The largest absolute Gasteiger partial charge is 0.465 e. The third-order valence-corrected chi connectivity index (χ3v) is 4.74. The Morgan fingerprint density at radius 2 is 2.25 bits per heavy atom. The Kier molecular flexibility index (Phi) is 7.62. The maximum absolute atomic E-state index is 11.9. The molecular weight excluding hydrogens is 338 g/mol. The lowest BCUT2D eigenvalue weighted by Gasteiger charge is -2.26. The van der Waals surface area contributed by atoms with Gasteiger partial charge < -0.3 is 10.1 Å². The second-order valence-corrected chi connectivity index (χ2v) is 6.80. The lowest BCUT2D eigenvalue weighted by atomic mass is 9.97. The maximum Gasteiger partial charge on any atom is 0.326 e. The van der Waals surface area contributed by atoms with Gasteiger partial charge in [0.1, 0.15) is 5.54 Å². The van der Waals surface area contributed by atoms with Gasteiger partial charge in [-0.15, -0.1) is 11.8 Å². The number of benzene rings is 1. The monoisotopic (exact) mass is 359 g/mol. The van der Waals surface area contributed by atoms with Crippen molar-refractivity contribution in [1.82, 2.24) is 5.32 Å². The SMILES string of the molecule is CCOC(=O)C(C)(CCCSc1cccc(Br)c1)NC. The van der Waals surface area contributed by atoms with Gasteiger partial charge in [0.15, 0.2) is 0 Å². The molecule has 0 heterocycles. The minimum absolute atomic E-state index is 0.171. The first kappa shape index (κ1) is 17.5. The molecule has 0 aliphatic heterocycles. The van der Waals surface area contributed by atoms with Crippen LogP contribution in [0.25, 0.3) is 0 Å². The van der Waals surface area contributed by atoms with E-state index in [0.29, 0.717) is 6.61 Å². The van der Waals surface area contributed by atoms with Crippen molar-refractivity contribution < 1.29 is 9.53 Å². The molecule has 0 radical (unpaired) electrons. The summed E-state index contributed by atoms with van der Waals surface area (Å²) in [5, 5.41) is 3.08. The predicted molar refractivity (Wildman–Crippen MR) is 88.2 cm³/mol. The topological polar surface area (TPSA) is 38.3 Å². The highest BCUT2D eigenvalue weighted by molar-refractivity contribution is 9.10. The molecule has 1 atom stereocenters. The third kappa shape index (κ3) is 5.46. The molecule has 0 fully saturated rings. The number of carbonyl (C=O) groups is 1. The number of likely N-dealkylation sites (N-methyl/N-ethyl adjacent to an activating group) is 1. The van der Waals surface area contributed by atoms with E-state index in [1.807, 2.05) is 26.0 Å². The van der Waals surface area contributed by atoms with Crippen LogP contribution in [0.2, 0.25) is 0 Å². The Bertz CT molecular complexity index is 442. The Morgan fingerprint density at radius 1 is 1.50 bits per heavy atom. The van der Waals surface area contributed by atoms with Crippen molar-refractivity contribution in [1.29, 1.82) is 0 Å². The lowest BCUT2D eigenvalue weighted by Crippen LogP contribution is -2.48. The average molecular weight is 360 g/mol. The van der Waals surface area contributed by atoms with Crippen LogP contribution in [0, 0.1) is 0 Å². The second kappa shape index (κ2) is 8.70. The van der Waals surface area contributed by atoms with Crippen LogP contribution in [-0.2, 0) is 9.53 Å². The Labute approximate surface area is 134 Å². The van der Waals surface area contributed by atoms with Crippen LogP contribution in [0.1, 0.15) is 26.7 Å². The van der Waals surface area contributed by atoms with Crippen molar-refractivity contribution in [3.63, 3.8) is 0 Å². The number of ether oxygens (including phenoxy) is 1. The first-order valence-corrected chi connectivity index (χ1v) is 8.54. The molecule has 0 saturated carbocycles. The van der Waals surface area contributed by atoms with Crippen molar-refractivity contribution >= 4 is 33.7 Å². The molecule has 5 heteroatoms. The van der Waals surface area contributed by atoms with E-state index >= 15 is 0 Å². The molecule has 1 aromatic rings. The highest BCUT2D eigenvalue weighted by Crippen LogP contribution is 2.24. The molecule has 0 saturated heterocycles. The van der Waals surface area contributed by atoms with Crippen molar-refractivity contribution in [3.8, 4) is 0 Å². The summed E-state index contributed by atoms with van der Waals surface area (Å²) in [5.41, 5.74) is -0.589. The molecule has 0 amide bonds. The van der Waals surface area contributed by atoms with Crippen LogP contribution in [0.4, 0.5) is 0 Å². The van der Waals surface area contributed by atoms with E-state index in [-0.39, 0.29) is 5.97 Å². The van der Waals surface area contributed by atoms with Crippen LogP contribution >= 0.6 is 27.7 Å². The van der Waals surface area contributed by atoms with E-state index in [4.69, 9.17) is 4.74 Å². The predicted octanol–water partition coefficient (Wildman–Crippen LogP) is 3.86. The molecule has 1 N–H and O–H groups in total. The number of hydrogen-bond acceptors (Lipinski definition) is 4. The summed E-state index contributed by atoms with van der Waals surface area (Å²) in [7, 11) is 1.80. The quantitative estimate of drug-likeness (QED) is 0.434. The Hall–Kier alpha value is -0.520. The average Bonchev–Trinajstić information content (AvgIpc) is 2.43. The first-order valence-electron chi connectivity index (χ1n) is 6.76. The van der Waals surface area contributed by atoms with Crippen LogP contribution in [0.15, 0.2) is 33.6 Å². The Balaban J connectivity index is 2.40. The molecule has 0 spiro atoms. The number of rotatable bonds is 8. The van der Waals surface area contributed by atoms with Crippen molar-refractivity contribution in [2.24, 2.45) is 0 Å². The zero-order valence-corrected chi connectivity index (χ0v) is 14.6. The highest BCUT2D eigenvalue weighted by Gasteiger charge is 2.32. The number of esters is 1. The van der Waals surface area contributed by atoms with Gasteiger partial charge in [0.25, 0.3) is 0 Å². The summed E-state index contributed by atoms with van der Waals surface area (Å²) in [6.07, 6.45) is 1.72. The van der Waals surface area contributed by atoms with Crippen molar-refractivity contribution in [2.45, 2.75) is 37.1 Å². The highest BCUT2D eigenvalue weighted by atomic mass is 79.9. The van der Waals surface area contributed by atoms with E-state index in [2.05, 4.69) is 33.4 Å². The fraction of sp³-hybridized carbons (Fsp3) is 0.533. The van der Waals surface area contributed by atoms with Gasteiger partial charge in [-0.05, 0) is 57.7 Å². The number of hydrogen-bond donors (Lipinski definition) is 1. The summed E-state index contributed by atoms with van der Waals surface area (Å²) < 4.78 is 6.21. The standard InChI is InChI=1S/C15H22BrNO2S/c1-4-19-14(18)15(2,17-3)9-6-10-20-13-8-5-7-12(16)11-13/h5,7-8,11,17H,4,6,9-10H2,1-3H3. The van der Waals surface area contributed by atoms with E-state index in [9.17, 15) is 4.79 Å². The molecule has 20 heavy (non-hydrogen) atoms. The maximum atomic E-state index is 11.9. The molecule has 1 aromatic carbocycles. The molecular formula is C15H22BrNO2S. The van der Waals surface area contributed by atoms with Crippen molar-refractivity contribution in [3.05, 3.63) is 28.7 Å². The van der Waals surface area contributed by atoms with Crippen molar-refractivity contribution in [2.75, 3.05) is 19.4 Å². The minimum Gasteiger partial charge on any atom is -0.465 e. The van der Waals surface area contributed by atoms with Gasteiger partial charge in [-0.1, -0.05) is 22.0 Å². The van der Waals surface area contributed by atoms with Gasteiger partial charge >= 0.3 is 5.97 Å². The summed E-state index contributed by atoms with van der Waals surface area (Å²) in [6, 6.07) is 8.25. The summed E-state index contributed by atoms with van der Waals surface area (Å²) in [5.74, 6) is 0.808. The van der Waals surface area contributed by atoms with Crippen LogP contribution in [0.5, 0.6) is 0 Å². The normalized spacial score (nSPS) is 13.8. The molecule has 0 aromatic heterocycles. The Morgan fingerprint density at radius 3 is 2.85 bits per heavy atom. The minimum atomic E-state index is -0.589. The van der Waals surface area contributed by atoms with Gasteiger partial charge in [0, 0.05) is 9.37 Å². The van der Waals surface area contributed by atoms with E-state index in [1.165, 1.54) is 4.90 Å². The number of thioether (sulfide) groups is 1.